The fraction of sp³-hybridized carbons (Fsp3) is 0.312. The van der Waals surface area contributed by atoms with Crippen molar-refractivity contribution in [3.8, 4) is 11.5 Å². The lowest BCUT2D eigenvalue weighted by Gasteiger charge is -2.23. The first-order valence-corrected chi connectivity index (χ1v) is 7.94. The van der Waals surface area contributed by atoms with Crippen molar-refractivity contribution in [2.24, 2.45) is 0 Å². The van der Waals surface area contributed by atoms with Gasteiger partial charge in [0, 0.05) is 22.7 Å². The van der Waals surface area contributed by atoms with E-state index >= 15 is 0 Å². The summed E-state index contributed by atoms with van der Waals surface area (Å²) in [6, 6.07) is 9.72. The summed E-state index contributed by atoms with van der Waals surface area (Å²) in [6.07, 6.45) is 0. The summed E-state index contributed by atoms with van der Waals surface area (Å²) in [5.74, 6) is 1.32. The molecule has 0 spiro atoms. The number of ether oxygens (including phenoxy) is 2. The van der Waals surface area contributed by atoms with Gasteiger partial charge in [0.15, 0.2) is 11.5 Å². The summed E-state index contributed by atoms with van der Waals surface area (Å²) in [5.41, 5.74) is 0.714. The van der Waals surface area contributed by atoms with Gasteiger partial charge in [-0.05, 0) is 37.6 Å². The van der Waals surface area contributed by atoms with E-state index in [2.05, 4.69) is 18.3 Å². The number of hydrogen-bond donors (Lipinski definition) is 1. The van der Waals surface area contributed by atoms with Crippen LogP contribution in [0.2, 0.25) is 0 Å². The van der Waals surface area contributed by atoms with Crippen molar-refractivity contribution in [1.82, 2.24) is 4.90 Å². The molecule has 1 aromatic carbocycles. The van der Waals surface area contributed by atoms with Gasteiger partial charge in [0.05, 0.1) is 6.54 Å². The fourth-order valence-corrected chi connectivity index (χ4v) is 3.13. The van der Waals surface area contributed by atoms with Crippen LogP contribution >= 0.6 is 11.3 Å². The molecule has 22 heavy (non-hydrogen) atoms. The van der Waals surface area contributed by atoms with Gasteiger partial charge in [-0.15, -0.1) is 11.3 Å². The van der Waals surface area contributed by atoms with Crippen LogP contribution in [0, 0.1) is 0 Å². The monoisotopic (exact) mass is 318 g/mol. The van der Waals surface area contributed by atoms with E-state index in [9.17, 15) is 4.79 Å². The summed E-state index contributed by atoms with van der Waals surface area (Å²) in [4.78, 5) is 15.4. The van der Waals surface area contributed by atoms with Crippen molar-refractivity contribution in [2.75, 3.05) is 25.7 Å². The molecule has 1 amide bonds. The van der Waals surface area contributed by atoms with Crippen molar-refractivity contribution in [2.45, 2.75) is 13.0 Å². The van der Waals surface area contributed by atoms with Gasteiger partial charge in [0.2, 0.25) is 12.7 Å². The molecule has 0 aliphatic carbocycles. The molecule has 0 radical (unpaired) electrons. The molecule has 1 aliphatic rings. The zero-order valence-electron chi connectivity index (χ0n) is 12.5. The summed E-state index contributed by atoms with van der Waals surface area (Å²) in [5, 5.41) is 4.94. The first-order valence-electron chi connectivity index (χ1n) is 7.06. The molecular formula is C16H18N2O3S. The molecule has 2 heterocycles. The third-order valence-corrected chi connectivity index (χ3v) is 4.71. The molecule has 1 N–H and O–H groups in total. The van der Waals surface area contributed by atoms with E-state index in [1.807, 2.05) is 29.5 Å². The summed E-state index contributed by atoms with van der Waals surface area (Å²) in [6.45, 7) is 2.65. The lowest BCUT2D eigenvalue weighted by molar-refractivity contribution is -0.117. The number of rotatable bonds is 5. The average Bonchev–Trinajstić information content (AvgIpc) is 3.17. The fourth-order valence-electron chi connectivity index (χ4n) is 2.28. The number of nitrogens with one attached hydrogen (secondary N) is 1. The van der Waals surface area contributed by atoms with Crippen LogP contribution in [-0.2, 0) is 4.79 Å². The molecule has 5 nitrogen and oxygen atoms in total. The van der Waals surface area contributed by atoms with Crippen molar-refractivity contribution < 1.29 is 14.3 Å². The largest absolute Gasteiger partial charge is 0.454 e. The predicted octanol–water partition coefficient (Wildman–Crippen LogP) is 3.11. The second-order valence-electron chi connectivity index (χ2n) is 5.22. The second kappa shape index (κ2) is 6.37. The standard InChI is InChI=1S/C16H18N2O3S/c1-11(15-4-3-7-22-15)18(2)9-16(19)17-12-5-6-13-14(8-12)21-10-20-13/h3-8,11H,9-10H2,1-2H3,(H,17,19). The molecule has 0 fully saturated rings. The number of carbonyl (C=O) groups is 1. The minimum Gasteiger partial charge on any atom is -0.454 e. The Labute approximate surface area is 133 Å². The van der Waals surface area contributed by atoms with E-state index in [4.69, 9.17) is 9.47 Å². The second-order valence-corrected chi connectivity index (χ2v) is 6.20. The number of fused-ring (bicyclic) bond motifs is 1. The maximum absolute atomic E-state index is 12.2. The number of carbonyl (C=O) groups excluding carboxylic acids is 1. The molecule has 1 aliphatic heterocycles. The summed E-state index contributed by atoms with van der Waals surface area (Å²) in [7, 11) is 1.95. The topological polar surface area (TPSA) is 50.8 Å². The minimum absolute atomic E-state index is 0.0511. The third kappa shape index (κ3) is 3.23. The third-order valence-electron chi connectivity index (χ3n) is 3.67. The smallest absolute Gasteiger partial charge is 0.238 e. The maximum atomic E-state index is 12.2. The van der Waals surface area contributed by atoms with Crippen LogP contribution < -0.4 is 14.8 Å². The average molecular weight is 318 g/mol. The SMILES string of the molecule is CC(c1cccs1)N(C)CC(=O)Nc1ccc2c(c1)OCO2. The Hall–Kier alpha value is -2.05. The predicted molar refractivity (Wildman–Crippen MR) is 86.6 cm³/mol. The van der Waals surface area contributed by atoms with Crippen LogP contribution in [-0.4, -0.2) is 31.2 Å². The van der Waals surface area contributed by atoms with Crippen LogP contribution in [0.5, 0.6) is 11.5 Å². The molecule has 116 valence electrons. The first-order chi connectivity index (χ1) is 10.6. The first kappa shape index (κ1) is 14.9. The van der Waals surface area contributed by atoms with Gasteiger partial charge in [-0.3, -0.25) is 9.69 Å². The zero-order valence-corrected chi connectivity index (χ0v) is 13.4. The van der Waals surface area contributed by atoms with E-state index in [1.165, 1.54) is 4.88 Å². The normalized spacial score (nSPS) is 14.1. The number of likely N-dealkylation sites (N-methyl/N-ethyl adjacent to an activating group) is 1. The Morgan fingerprint density at radius 2 is 2.18 bits per heavy atom. The van der Waals surface area contributed by atoms with E-state index in [0.717, 1.165) is 0 Å². The number of amides is 1. The Balaban J connectivity index is 1.58. The van der Waals surface area contributed by atoms with Gasteiger partial charge in [-0.25, -0.2) is 0 Å². The van der Waals surface area contributed by atoms with Crippen molar-refractivity contribution in [3.05, 3.63) is 40.6 Å². The Kier molecular flexibility index (Phi) is 4.31. The highest BCUT2D eigenvalue weighted by molar-refractivity contribution is 7.10. The van der Waals surface area contributed by atoms with Crippen molar-refractivity contribution >= 4 is 22.9 Å². The van der Waals surface area contributed by atoms with E-state index < -0.39 is 0 Å². The van der Waals surface area contributed by atoms with Crippen molar-refractivity contribution in [3.63, 3.8) is 0 Å². The highest BCUT2D eigenvalue weighted by Gasteiger charge is 2.17. The van der Waals surface area contributed by atoms with E-state index in [-0.39, 0.29) is 18.7 Å². The van der Waals surface area contributed by atoms with Gasteiger partial charge in [-0.1, -0.05) is 6.07 Å². The quantitative estimate of drug-likeness (QED) is 0.920. The van der Waals surface area contributed by atoms with E-state index in [0.29, 0.717) is 23.7 Å². The molecule has 6 heteroatoms. The number of anilines is 1. The van der Waals surface area contributed by atoms with Crippen LogP contribution in [0.3, 0.4) is 0 Å². The van der Waals surface area contributed by atoms with Gasteiger partial charge in [-0.2, -0.15) is 0 Å². The van der Waals surface area contributed by atoms with Crippen LogP contribution in [0.25, 0.3) is 0 Å². The summed E-state index contributed by atoms with van der Waals surface area (Å²) < 4.78 is 10.6. The van der Waals surface area contributed by atoms with Gasteiger partial charge in [0.25, 0.3) is 0 Å². The lowest BCUT2D eigenvalue weighted by atomic mass is 10.2. The molecule has 0 bridgehead atoms. The molecule has 1 atom stereocenters. The number of hydrogen-bond acceptors (Lipinski definition) is 5. The number of thiophene rings is 1. The van der Waals surface area contributed by atoms with Crippen molar-refractivity contribution in [1.29, 1.82) is 0 Å². The zero-order chi connectivity index (χ0) is 15.5. The molecule has 0 saturated heterocycles. The Morgan fingerprint density at radius 3 is 2.95 bits per heavy atom. The van der Waals surface area contributed by atoms with Crippen LogP contribution in [0.1, 0.15) is 17.8 Å². The summed E-state index contributed by atoms with van der Waals surface area (Å²) >= 11 is 1.70. The Bertz CT molecular complexity index is 657. The molecule has 1 unspecified atom stereocenters. The Morgan fingerprint density at radius 1 is 1.36 bits per heavy atom. The molecule has 0 saturated carbocycles. The molecule has 2 aromatic rings. The van der Waals surface area contributed by atoms with Gasteiger partial charge >= 0.3 is 0 Å². The van der Waals surface area contributed by atoms with Crippen LogP contribution in [0.15, 0.2) is 35.7 Å². The number of benzene rings is 1. The highest BCUT2D eigenvalue weighted by Crippen LogP contribution is 2.34. The molecule has 3 rings (SSSR count). The highest BCUT2D eigenvalue weighted by atomic mass is 32.1. The molecular weight excluding hydrogens is 300 g/mol. The number of nitrogens with zero attached hydrogens (tertiary/aromatic N) is 1. The van der Waals surface area contributed by atoms with Gasteiger partial charge < -0.3 is 14.8 Å². The lowest BCUT2D eigenvalue weighted by Crippen LogP contribution is -2.31. The minimum atomic E-state index is -0.0511. The van der Waals surface area contributed by atoms with E-state index in [1.54, 1.807) is 23.5 Å². The maximum Gasteiger partial charge on any atom is 0.238 e. The van der Waals surface area contributed by atoms with Crippen LogP contribution in [0.4, 0.5) is 5.69 Å². The van der Waals surface area contributed by atoms with Gasteiger partial charge in [0.1, 0.15) is 0 Å². The molecule has 1 aromatic heterocycles.